The van der Waals surface area contributed by atoms with Crippen LogP contribution in [0.3, 0.4) is 0 Å². The van der Waals surface area contributed by atoms with Gasteiger partial charge in [-0.2, -0.15) is 0 Å². The SMILES string of the molecule is CN=C(NCc1ccc(S(C)(=O)=O)c(C)c1)NCC(c1ccco1)N1CCCCC1. The molecule has 30 heavy (non-hydrogen) atoms. The predicted octanol–water partition coefficient (Wildman–Crippen LogP) is 2.88. The minimum absolute atomic E-state index is 0.162. The summed E-state index contributed by atoms with van der Waals surface area (Å²) in [7, 11) is -1.46. The first-order valence-electron chi connectivity index (χ1n) is 10.4. The molecule has 2 aromatic rings. The van der Waals surface area contributed by atoms with Gasteiger partial charge in [0.2, 0.25) is 0 Å². The lowest BCUT2D eigenvalue weighted by molar-refractivity contribution is 0.146. The standard InChI is InChI=1S/C22H32N4O3S/c1-17-14-18(9-10-21(17)30(3,27)28)15-24-22(23-2)25-16-19(20-8-7-13-29-20)26-11-5-4-6-12-26/h7-10,13-14,19H,4-6,11-12,15-16H2,1-3H3,(H2,23,24,25). The van der Waals surface area contributed by atoms with E-state index >= 15 is 0 Å². The van der Waals surface area contributed by atoms with Crippen LogP contribution in [0, 0.1) is 6.92 Å². The lowest BCUT2D eigenvalue weighted by atomic mass is 10.1. The number of nitrogens with zero attached hydrogens (tertiary/aromatic N) is 2. The molecule has 1 aromatic heterocycles. The molecular weight excluding hydrogens is 400 g/mol. The van der Waals surface area contributed by atoms with Crippen LogP contribution in [0.4, 0.5) is 0 Å². The van der Waals surface area contributed by atoms with Gasteiger partial charge in [-0.15, -0.1) is 0 Å². The maximum Gasteiger partial charge on any atom is 0.191 e. The van der Waals surface area contributed by atoms with Crippen LogP contribution in [0.1, 0.15) is 42.2 Å². The fraction of sp³-hybridized carbons (Fsp3) is 0.500. The lowest BCUT2D eigenvalue weighted by Crippen LogP contribution is -2.44. The number of likely N-dealkylation sites (tertiary alicyclic amines) is 1. The normalized spacial score (nSPS) is 17.0. The first kappa shape index (κ1) is 22.4. The largest absolute Gasteiger partial charge is 0.468 e. The van der Waals surface area contributed by atoms with Crippen molar-refractivity contribution >= 4 is 15.8 Å². The summed E-state index contributed by atoms with van der Waals surface area (Å²) in [6.45, 7) is 5.22. The third-order valence-electron chi connectivity index (χ3n) is 5.49. The number of furan rings is 1. The van der Waals surface area contributed by atoms with Gasteiger partial charge in [0.25, 0.3) is 0 Å². The fourth-order valence-corrected chi connectivity index (χ4v) is 4.92. The van der Waals surface area contributed by atoms with E-state index in [1.807, 2.05) is 31.2 Å². The van der Waals surface area contributed by atoms with Gasteiger partial charge in [-0.1, -0.05) is 18.6 Å². The van der Waals surface area contributed by atoms with Crippen LogP contribution in [0.2, 0.25) is 0 Å². The van der Waals surface area contributed by atoms with Crippen molar-refractivity contribution in [2.45, 2.75) is 43.7 Å². The Kier molecular flexibility index (Phi) is 7.55. The predicted molar refractivity (Wildman–Crippen MR) is 119 cm³/mol. The monoisotopic (exact) mass is 432 g/mol. The number of nitrogens with one attached hydrogen (secondary N) is 2. The number of hydrogen-bond acceptors (Lipinski definition) is 5. The Morgan fingerprint density at radius 1 is 1.20 bits per heavy atom. The lowest BCUT2D eigenvalue weighted by Gasteiger charge is -2.33. The van der Waals surface area contributed by atoms with Crippen molar-refractivity contribution in [3.8, 4) is 0 Å². The molecule has 0 amide bonds. The minimum Gasteiger partial charge on any atom is -0.468 e. The van der Waals surface area contributed by atoms with Crippen molar-refractivity contribution in [1.29, 1.82) is 0 Å². The maximum atomic E-state index is 11.8. The number of hydrogen-bond donors (Lipinski definition) is 2. The van der Waals surface area contributed by atoms with Gasteiger partial charge in [0, 0.05) is 26.4 Å². The molecule has 1 aliphatic rings. The van der Waals surface area contributed by atoms with Gasteiger partial charge in [-0.3, -0.25) is 9.89 Å². The third-order valence-corrected chi connectivity index (χ3v) is 6.75. The van der Waals surface area contributed by atoms with Gasteiger partial charge in [-0.05, 0) is 62.2 Å². The molecule has 1 aliphatic heterocycles. The van der Waals surface area contributed by atoms with E-state index in [1.54, 1.807) is 19.4 Å². The smallest absolute Gasteiger partial charge is 0.191 e. The van der Waals surface area contributed by atoms with E-state index in [2.05, 4.69) is 20.5 Å². The van der Waals surface area contributed by atoms with Crippen LogP contribution < -0.4 is 10.6 Å². The molecular formula is C22H32N4O3S. The first-order valence-corrected chi connectivity index (χ1v) is 12.3. The summed E-state index contributed by atoms with van der Waals surface area (Å²) in [5, 5.41) is 6.73. The average Bonchev–Trinajstić information content (AvgIpc) is 3.25. The van der Waals surface area contributed by atoms with Crippen molar-refractivity contribution in [2.24, 2.45) is 4.99 Å². The summed E-state index contributed by atoms with van der Waals surface area (Å²) < 4.78 is 29.3. The van der Waals surface area contributed by atoms with Crippen LogP contribution in [0.25, 0.3) is 0 Å². The molecule has 8 heteroatoms. The van der Waals surface area contributed by atoms with E-state index in [-0.39, 0.29) is 6.04 Å². The molecule has 2 N–H and O–H groups in total. The Bertz CT molecular complexity index is 949. The summed E-state index contributed by atoms with van der Waals surface area (Å²) in [4.78, 5) is 7.17. The molecule has 1 saturated heterocycles. The zero-order chi connectivity index (χ0) is 21.6. The second-order valence-corrected chi connectivity index (χ2v) is 9.79. The highest BCUT2D eigenvalue weighted by Crippen LogP contribution is 2.24. The van der Waals surface area contributed by atoms with Gasteiger partial charge in [0.05, 0.1) is 17.2 Å². The Morgan fingerprint density at radius 3 is 2.57 bits per heavy atom. The molecule has 7 nitrogen and oxygen atoms in total. The van der Waals surface area contributed by atoms with E-state index < -0.39 is 9.84 Å². The average molecular weight is 433 g/mol. The van der Waals surface area contributed by atoms with Crippen LogP contribution in [0.15, 0.2) is 50.9 Å². The van der Waals surface area contributed by atoms with Gasteiger partial charge >= 0.3 is 0 Å². The number of guanidine groups is 1. The highest BCUT2D eigenvalue weighted by atomic mass is 32.2. The Labute approximate surface area is 179 Å². The number of benzene rings is 1. The fourth-order valence-electron chi connectivity index (χ4n) is 3.96. The van der Waals surface area contributed by atoms with Crippen molar-refractivity contribution in [3.63, 3.8) is 0 Å². The van der Waals surface area contributed by atoms with Crippen molar-refractivity contribution in [1.82, 2.24) is 15.5 Å². The second-order valence-electron chi connectivity index (χ2n) is 7.81. The number of aryl methyl sites for hydroxylation is 1. The van der Waals surface area contributed by atoms with Gasteiger partial charge in [-0.25, -0.2) is 8.42 Å². The number of aliphatic imine (C=N–C) groups is 1. The van der Waals surface area contributed by atoms with E-state index in [0.717, 1.165) is 30.0 Å². The van der Waals surface area contributed by atoms with E-state index in [0.29, 0.717) is 23.9 Å². The molecule has 164 valence electrons. The van der Waals surface area contributed by atoms with Crippen LogP contribution in [-0.4, -0.2) is 52.2 Å². The molecule has 3 rings (SSSR count). The maximum absolute atomic E-state index is 11.8. The Balaban J connectivity index is 1.60. The van der Waals surface area contributed by atoms with Crippen molar-refractivity contribution < 1.29 is 12.8 Å². The minimum atomic E-state index is -3.21. The van der Waals surface area contributed by atoms with E-state index in [4.69, 9.17) is 4.42 Å². The molecule has 0 bridgehead atoms. The number of piperidine rings is 1. The van der Waals surface area contributed by atoms with E-state index in [1.165, 1.54) is 25.5 Å². The van der Waals surface area contributed by atoms with Gasteiger partial charge < -0.3 is 15.1 Å². The third kappa shape index (κ3) is 5.86. The summed E-state index contributed by atoms with van der Waals surface area (Å²) in [5.74, 6) is 1.67. The highest BCUT2D eigenvalue weighted by Gasteiger charge is 2.24. The summed E-state index contributed by atoms with van der Waals surface area (Å²) >= 11 is 0. The number of rotatable bonds is 7. The van der Waals surface area contributed by atoms with E-state index in [9.17, 15) is 8.42 Å². The zero-order valence-corrected chi connectivity index (χ0v) is 18.8. The Morgan fingerprint density at radius 2 is 1.97 bits per heavy atom. The summed E-state index contributed by atoms with van der Waals surface area (Å²) in [6, 6.07) is 9.53. The first-order chi connectivity index (χ1) is 14.4. The highest BCUT2D eigenvalue weighted by molar-refractivity contribution is 7.90. The summed E-state index contributed by atoms with van der Waals surface area (Å²) in [5.41, 5.74) is 1.75. The topological polar surface area (TPSA) is 86.9 Å². The molecule has 0 aliphatic carbocycles. The second kappa shape index (κ2) is 10.1. The molecule has 1 unspecified atom stereocenters. The van der Waals surface area contributed by atoms with Gasteiger partial charge in [0.1, 0.15) is 5.76 Å². The zero-order valence-electron chi connectivity index (χ0n) is 18.0. The molecule has 1 aromatic carbocycles. The molecule has 1 fully saturated rings. The molecule has 0 radical (unpaired) electrons. The van der Waals surface area contributed by atoms with Crippen molar-refractivity contribution in [3.05, 3.63) is 53.5 Å². The molecule has 1 atom stereocenters. The van der Waals surface area contributed by atoms with Crippen LogP contribution in [0.5, 0.6) is 0 Å². The van der Waals surface area contributed by atoms with Crippen LogP contribution in [-0.2, 0) is 16.4 Å². The quantitative estimate of drug-likeness (QED) is 0.517. The van der Waals surface area contributed by atoms with Crippen molar-refractivity contribution in [2.75, 3.05) is 32.9 Å². The molecule has 0 saturated carbocycles. The van der Waals surface area contributed by atoms with Crippen LogP contribution >= 0.6 is 0 Å². The molecule has 0 spiro atoms. The molecule has 2 heterocycles. The number of sulfone groups is 1. The summed E-state index contributed by atoms with van der Waals surface area (Å²) in [6.07, 6.45) is 6.67. The Hall–Kier alpha value is -2.32. The van der Waals surface area contributed by atoms with Gasteiger partial charge in [0.15, 0.2) is 15.8 Å².